The maximum absolute atomic E-state index is 13.7. The number of anilines is 1. The van der Waals surface area contributed by atoms with Gasteiger partial charge in [0.2, 0.25) is 5.91 Å². The van der Waals surface area contributed by atoms with E-state index in [0.717, 1.165) is 22.9 Å². The second kappa shape index (κ2) is 5.77. The minimum Gasteiger partial charge on any atom is -0.322 e. The molecule has 112 valence electrons. The Bertz CT molecular complexity index is 860. The van der Waals surface area contributed by atoms with E-state index in [0.29, 0.717) is 0 Å². The molecule has 0 aliphatic carbocycles. The van der Waals surface area contributed by atoms with Gasteiger partial charge in [-0.05, 0) is 37.3 Å². The van der Waals surface area contributed by atoms with Gasteiger partial charge in [0, 0.05) is 5.02 Å². The van der Waals surface area contributed by atoms with Crippen LogP contribution in [0.25, 0.3) is 11.0 Å². The Morgan fingerprint density at radius 2 is 2.09 bits per heavy atom. The maximum Gasteiger partial charge on any atom is 0.244 e. The van der Waals surface area contributed by atoms with Crippen molar-refractivity contribution in [2.24, 2.45) is 0 Å². The fourth-order valence-corrected chi connectivity index (χ4v) is 2.48. The van der Waals surface area contributed by atoms with E-state index in [1.807, 2.05) is 31.2 Å². The molecule has 2 aromatic carbocycles. The molecule has 6 heteroatoms. The van der Waals surface area contributed by atoms with E-state index >= 15 is 0 Å². The molecule has 0 radical (unpaired) electrons. The Labute approximate surface area is 131 Å². The number of carbonyl (C=O) groups excluding carboxylic acids is 1. The maximum atomic E-state index is 13.7. The van der Waals surface area contributed by atoms with E-state index in [2.05, 4.69) is 10.3 Å². The molecule has 0 unspecified atom stereocenters. The molecule has 1 N–H and O–H groups in total. The number of nitrogens with zero attached hydrogens (tertiary/aromatic N) is 2. The predicted molar refractivity (Wildman–Crippen MR) is 84.5 cm³/mol. The number of benzene rings is 2. The normalized spacial score (nSPS) is 10.9. The lowest BCUT2D eigenvalue weighted by molar-refractivity contribution is -0.116. The van der Waals surface area contributed by atoms with Crippen LogP contribution in [0.4, 0.5) is 10.1 Å². The molecule has 0 saturated carbocycles. The third kappa shape index (κ3) is 2.80. The lowest BCUT2D eigenvalue weighted by Crippen LogP contribution is -2.20. The smallest absolute Gasteiger partial charge is 0.244 e. The molecule has 4 nitrogen and oxygen atoms in total. The number of imidazole rings is 1. The molecule has 0 aliphatic rings. The van der Waals surface area contributed by atoms with Crippen LogP contribution in [0.3, 0.4) is 0 Å². The lowest BCUT2D eigenvalue weighted by atomic mass is 10.3. The average Bonchev–Trinajstić information content (AvgIpc) is 2.78. The van der Waals surface area contributed by atoms with E-state index in [-0.39, 0.29) is 23.2 Å². The van der Waals surface area contributed by atoms with Crippen LogP contribution in [0.15, 0.2) is 42.5 Å². The van der Waals surface area contributed by atoms with Crippen LogP contribution in [0.5, 0.6) is 0 Å². The van der Waals surface area contributed by atoms with Crippen LogP contribution in [-0.2, 0) is 11.3 Å². The van der Waals surface area contributed by atoms with Crippen molar-refractivity contribution in [3.8, 4) is 0 Å². The van der Waals surface area contributed by atoms with Gasteiger partial charge in [-0.25, -0.2) is 9.37 Å². The predicted octanol–water partition coefficient (Wildman–Crippen LogP) is 3.78. The largest absolute Gasteiger partial charge is 0.322 e. The molecule has 0 fully saturated rings. The first-order valence-electron chi connectivity index (χ1n) is 6.71. The van der Waals surface area contributed by atoms with E-state index in [9.17, 15) is 9.18 Å². The number of halogens is 2. The number of aryl methyl sites for hydroxylation is 1. The molecule has 1 heterocycles. The van der Waals surface area contributed by atoms with Gasteiger partial charge in [0.05, 0.1) is 16.7 Å². The van der Waals surface area contributed by atoms with Gasteiger partial charge in [0.25, 0.3) is 0 Å². The number of hydrogen-bond acceptors (Lipinski definition) is 2. The highest BCUT2D eigenvalue weighted by Gasteiger charge is 2.12. The van der Waals surface area contributed by atoms with Gasteiger partial charge in [-0.3, -0.25) is 4.79 Å². The van der Waals surface area contributed by atoms with E-state index in [1.54, 1.807) is 4.57 Å². The first kappa shape index (κ1) is 14.5. The summed E-state index contributed by atoms with van der Waals surface area (Å²) < 4.78 is 15.5. The van der Waals surface area contributed by atoms with Crippen LogP contribution in [0.1, 0.15) is 5.82 Å². The average molecular weight is 318 g/mol. The van der Waals surface area contributed by atoms with Gasteiger partial charge in [-0.1, -0.05) is 23.7 Å². The SMILES string of the molecule is Cc1nc2ccccc2n1CC(=O)Nc1ccc(Cl)cc1F. The Balaban J connectivity index is 1.83. The van der Waals surface area contributed by atoms with Crippen molar-refractivity contribution in [2.45, 2.75) is 13.5 Å². The number of nitrogens with one attached hydrogen (secondary N) is 1. The number of para-hydroxylation sites is 2. The monoisotopic (exact) mass is 317 g/mol. The van der Waals surface area contributed by atoms with Gasteiger partial charge in [0.1, 0.15) is 18.2 Å². The molecule has 0 spiro atoms. The third-order valence-electron chi connectivity index (χ3n) is 3.35. The van der Waals surface area contributed by atoms with E-state index < -0.39 is 5.82 Å². The number of aromatic nitrogens is 2. The Morgan fingerprint density at radius 1 is 1.32 bits per heavy atom. The molecule has 0 bridgehead atoms. The topological polar surface area (TPSA) is 46.9 Å². The molecule has 1 aromatic heterocycles. The van der Waals surface area contributed by atoms with Crippen molar-refractivity contribution in [3.05, 3.63) is 59.1 Å². The van der Waals surface area contributed by atoms with Crippen molar-refractivity contribution in [3.63, 3.8) is 0 Å². The van der Waals surface area contributed by atoms with Gasteiger partial charge in [-0.2, -0.15) is 0 Å². The summed E-state index contributed by atoms with van der Waals surface area (Å²) >= 11 is 5.69. The van der Waals surface area contributed by atoms with Gasteiger partial charge < -0.3 is 9.88 Å². The number of carbonyl (C=O) groups is 1. The highest BCUT2D eigenvalue weighted by molar-refractivity contribution is 6.30. The Hall–Kier alpha value is -2.40. The Kier molecular flexibility index (Phi) is 3.81. The summed E-state index contributed by atoms with van der Waals surface area (Å²) in [6, 6.07) is 11.7. The van der Waals surface area contributed by atoms with Crippen molar-refractivity contribution >= 4 is 34.2 Å². The molecule has 0 aliphatic heterocycles. The van der Waals surface area contributed by atoms with Gasteiger partial charge >= 0.3 is 0 Å². The molecule has 22 heavy (non-hydrogen) atoms. The lowest BCUT2D eigenvalue weighted by Gasteiger charge is -2.09. The number of fused-ring (bicyclic) bond motifs is 1. The van der Waals surface area contributed by atoms with Crippen LogP contribution in [0, 0.1) is 12.7 Å². The summed E-state index contributed by atoms with van der Waals surface area (Å²) in [5.41, 5.74) is 1.80. The highest BCUT2D eigenvalue weighted by Crippen LogP contribution is 2.19. The number of amides is 1. The summed E-state index contributed by atoms with van der Waals surface area (Å²) in [7, 11) is 0. The van der Waals surface area contributed by atoms with Crippen LogP contribution >= 0.6 is 11.6 Å². The fraction of sp³-hybridized carbons (Fsp3) is 0.125. The van der Waals surface area contributed by atoms with Crippen molar-refractivity contribution < 1.29 is 9.18 Å². The summed E-state index contributed by atoms with van der Waals surface area (Å²) in [6.07, 6.45) is 0. The quantitative estimate of drug-likeness (QED) is 0.799. The molecular weight excluding hydrogens is 305 g/mol. The van der Waals surface area contributed by atoms with E-state index in [1.165, 1.54) is 12.1 Å². The highest BCUT2D eigenvalue weighted by atomic mass is 35.5. The number of rotatable bonds is 3. The number of hydrogen-bond donors (Lipinski definition) is 1. The first-order valence-corrected chi connectivity index (χ1v) is 7.09. The molecule has 1 amide bonds. The third-order valence-corrected chi connectivity index (χ3v) is 3.59. The van der Waals surface area contributed by atoms with Crippen LogP contribution in [0.2, 0.25) is 5.02 Å². The van der Waals surface area contributed by atoms with Gasteiger partial charge in [-0.15, -0.1) is 0 Å². The van der Waals surface area contributed by atoms with Crippen LogP contribution in [-0.4, -0.2) is 15.5 Å². The van der Waals surface area contributed by atoms with Crippen LogP contribution < -0.4 is 5.32 Å². The van der Waals surface area contributed by atoms with E-state index in [4.69, 9.17) is 11.6 Å². The zero-order chi connectivity index (χ0) is 15.7. The molecule has 3 rings (SSSR count). The zero-order valence-corrected chi connectivity index (χ0v) is 12.6. The summed E-state index contributed by atoms with van der Waals surface area (Å²) in [5, 5.41) is 2.83. The molecule has 0 saturated heterocycles. The molecular formula is C16H13ClFN3O. The second-order valence-corrected chi connectivity index (χ2v) is 5.34. The minimum absolute atomic E-state index is 0.0639. The van der Waals surface area contributed by atoms with Crippen molar-refractivity contribution in [1.29, 1.82) is 0 Å². The minimum atomic E-state index is -0.562. The molecule has 3 aromatic rings. The summed E-state index contributed by atoms with van der Waals surface area (Å²) in [6.45, 7) is 1.89. The summed E-state index contributed by atoms with van der Waals surface area (Å²) in [4.78, 5) is 16.5. The van der Waals surface area contributed by atoms with Gasteiger partial charge in [0.15, 0.2) is 0 Å². The zero-order valence-electron chi connectivity index (χ0n) is 11.8. The second-order valence-electron chi connectivity index (χ2n) is 4.91. The Morgan fingerprint density at radius 3 is 2.86 bits per heavy atom. The van der Waals surface area contributed by atoms with Crippen molar-refractivity contribution in [1.82, 2.24) is 9.55 Å². The van der Waals surface area contributed by atoms with Crippen molar-refractivity contribution in [2.75, 3.05) is 5.32 Å². The molecule has 0 atom stereocenters. The first-order chi connectivity index (χ1) is 10.5. The standard InChI is InChI=1S/C16H13ClFN3O/c1-10-19-14-4-2-3-5-15(14)21(10)9-16(22)20-13-7-6-11(17)8-12(13)18/h2-8H,9H2,1H3,(H,20,22). The fourth-order valence-electron chi connectivity index (χ4n) is 2.32. The summed E-state index contributed by atoms with van der Waals surface area (Å²) in [5.74, 6) is -0.159.